The van der Waals surface area contributed by atoms with Gasteiger partial charge in [0.25, 0.3) is 0 Å². The Morgan fingerprint density at radius 2 is 1.95 bits per heavy atom. The molecule has 6 nitrogen and oxygen atoms in total. The first kappa shape index (κ1) is 13.2. The minimum atomic E-state index is 0.508. The Bertz CT molecular complexity index is 775. The summed E-state index contributed by atoms with van der Waals surface area (Å²) < 4.78 is 1.93. The molecule has 0 amide bonds. The number of pyridine rings is 1. The molecule has 22 heavy (non-hydrogen) atoms. The standard InChI is InChI=1S/C16H18N6/c1-2-6-12(7-3-1)18-14-11-17-10-13(19-14)16-21-20-15-8-4-5-9-22(15)16/h4-5,8-12H,1-3,6-7H2,(H,18,19). The Kier molecular flexibility index (Phi) is 3.42. The fraction of sp³-hybridized carbons (Fsp3) is 0.375. The largest absolute Gasteiger partial charge is 0.366 e. The van der Waals surface area contributed by atoms with Crippen molar-refractivity contribution in [3.05, 3.63) is 36.8 Å². The molecule has 0 atom stereocenters. The lowest BCUT2D eigenvalue weighted by Gasteiger charge is -2.23. The normalized spacial score (nSPS) is 16.0. The van der Waals surface area contributed by atoms with E-state index in [1.165, 1.54) is 32.1 Å². The summed E-state index contributed by atoms with van der Waals surface area (Å²) in [6.07, 6.45) is 11.8. The quantitative estimate of drug-likeness (QED) is 0.804. The zero-order valence-corrected chi connectivity index (χ0v) is 12.3. The molecule has 0 aromatic carbocycles. The highest BCUT2D eigenvalue weighted by molar-refractivity contribution is 5.56. The van der Waals surface area contributed by atoms with Gasteiger partial charge in [0, 0.05) is 12.2 Å². The minimum absolute atomic E-state index is 0.508. The van der Waals surface area contributed by atoms with Crippen molar-refractivity contribution in [1.29, 1.82) is 0 Å². The van der Waals surface area contributed by atoms with E-state index in [1.54, 1.807) is 12.4 Å². The molecular weight excluding hydrogens is 276 g/mol. The van der Waals surface area contributed by atoms with Crippen LogP contribution in [0.15, 0.2) is 36.8 Å². The highest BCUT2D eigenvalue weighted by Crippen LogP contribution is 2.22. The van der Waals surface area contributed by atoms with Crippen molar-refractivity contribution in [2.45, 2.75) is 38.1 Å². The molecule has 1 N–H and O–H groups in total. The Labute approximate surface area is 128 Å². The average molecular weight is 294 g/mol. The fourth-order valence-electron chi connectivity index (χ4n) is 3.02. The minimum Gasteiger partial charge on any atom is -0.366 e. The van der Waals surface area contributed by atoms with Gasteiger partial charge in [0.15, 0.2) is 11.5 Å². The van der Waals surface area contributed by atoms with Crippen LogP contribution in [-0.4, -0.2) is 30.6 Å². The molecule has 3 heterocycles. The lowest BCUT2D eigenvalue weighted by atomic mass is 9.96. The summed E-state index contributed by atoms with van der Waals surface area (Å²) in [6, 6.07) is 6.33. The van der Waals surface area contributed by atoms with Gasteiger partial charge in [-0.2, -0.15) is 0 Å². The third-order valence-electron chi connectivity index (χ3n) is 4.13. The molecule has 112 valence electrons. The van der Waals surface area contributed by atoms with Gasteiger partial charge in [0.05, 0.1) is 12.4 Å². The zero-order chi connectivity index (χ0) is 14.8. The monoisotopic (exact) mass is 294 g/mol. The summed E-state index contributed by atoms with van der Waals surface area (Å²) in [6.45, 7) is 0. The van der Waals surface area contributed by atoms with Gasteiger partial charge < -0.3 is 5.32 Å². The maximum atomic E-state index is 4.66. The first-order valence-corrected chi connectivity index (χ1v) is 7.79. The van der Waals surface area contributed by atoms with Gasteiger partial charge in [0.1, 0.15) is 11.5 Å². The zero-order valence-electron chi connectivity index (χ0n) is 12.3. The van der Waals surface area contributed by atoms with Gasteiger partial charge in [0.2, 0.25) is 0 Å². The van der Waals surface area contributed by atoms with Crippen molar-refractivity contribution in [2.75, 3.05) is 5.32 Å². The lowest BCUT2D eigenvalue weighted by Crippen LogP contribution is -2.23. The molecule has 1 fully saturated rings. The summed E-state index contributed by atoms with van der Waals surface area (Å²) in [5.41, 5.74) is 1.55. The molecule has 0 saturated heterocycles. The molecule has 0 radical (unpaired) electrons. The van der Waals surface area contributed by atoms with E-state index in [0.29, 0.717) is 6.04 Å². The predicted octanol–water partition coefficient (Wildman–Crippen LogP) is 2.93. The predicted molar refractivity (Wildman–Crippen MR) is 84.5 cm³/mol. The Morgan fingerprint density at radius 3 is 2.86 bits per heavy atom. The van der Waals surface area contributed by atoms with Crippen LogP contribution in [0.3, 0.4) is 0 Å². The number of hydrogen-bond donors (Lipinski definition) is 1. The van der Waals surface area contributed by atoms with Crippen molar-refractivity contribution in [3.63, 3.8) is 0 Å². The summed E-state index contributed by atoms with van der Waals surface area (Å²) in [5.74, 6) is 1.53. The van der Waals surface area contributed by atoms with E-state index < -0.39 is 0 Å². The Morgan fingerprint density at radius 1 is 1.05 bits per heavy atom. The average Bonchev–Trinajstić information content (AvgIpc) is 3.00. The van der Waals surface area contributed by atoms with Gasteiger partial charge in [-0.15, -0.1) is 10.2 Å². The molecule has 0 bridgehead atoms. The molecule has 0 unspecified atom stereocenters. The molecule has 1 saturated carbocycles. The first-order chi connectivity index (χ1) is 10.9. The van der Waals surface area contributed by atoms with Crippen LogP contribution >= 0.6 is 0 Å². The molecule has 1 aliphatic rings. The van der Waals surface area contributed by atoms with Gasteiger partial charge in [-0.05, 0) is 25.0 Å². The first-order valence-electron chi connectivity index (χ1n) is 7.79. The van der Waals surface area contributed by atoms with Crippen LogP contribution in [0.4, 0.5) is 5.82 Å². The van der Waals surface area contributed by atoms with Crippen LogP contribution in [0.25, 0.3) is 17.2 Å². The number of fused-ring (bicyclic) bond motifs is 1. The molecule has 6 heteroatoms. The SMILES string of the molecule is c1ccn2c(-c3cncc(NC4CCCCC4)n3)nnc2c1. The second kappa shape index (κ2) is 5.71. The number of anilines is 1. The topological polar surface area (TPSA) is 68.0 Å². The molecule has 3 aromatic heterocycles. The van der Waals surface area contributed by atoms with Crippen molar-refractivity contribution in [1.82, 2.24) is 24.6 Å². The number of nitrogens with zero attached hydrogens (tertiary/aromatic N) is 5. The van der Waals surface area contributed by atoms with Gasteiger partial charge in [-0.25, -0.2) is 4.98 Å². The summed E-state index contributed by atoms with van der Waals surface area (Å²) >= 11 is 0. The molecular formula is C16H18N6. The third kappa shape index (κ3) is 2.52. The summed E-state index contributed by atoms with van der Waals surface area (Å²) in [5, 5.41) is 11.9. The lowest BCUT2D eigenvalue weighted by molar-refractivity contribution is 0.462. The van der Waals surface area contributed by atoms with E-state index in [4.69, 9.17) is 0 Å². The fourth-order valence-corrected chi connectivity index (χ4v) is 3.02. The Hall–Kier alpha value is -2.50. The highest BCUT2D eigenvalue weighted by atomic mass is 15.3. The van der Waals surface area contributed by atoms with Crippen LogP contribution < -0.4 is 5.32 Å². The smallest absolute Gasteiger partial charge is 0.188 e. The van der Waals surface area contributed by atoms with E-state index in [2.05, 4.69) is 25.5 Å². The maximum absolute atomic E-state index is 4.66. The number of hydrogen-bond acceptors (Lipinski definition) is 5. The molecule has 3 aromatic rings. The number of aromatic nitrogens is 5. The van der Waals surface area contributed by atoms with Gasteiger partial charge in [-0.1, -0.05) is 25.3 Å². The van der Waals surface area contributed by atoms with E-state index >= 15 is 0 Å². The van der Waals surface area contributed by atoms with E-state index in [9.17, 15) is 0 Å². The molecule has 1 aliphatic carbocycles. The summed E-state index contributed by atoms with van der Waals surface area (Å²) in [7, 11) is 0. The van der Waals surface area contributed by atoms with Crippen LogP contribution in [0.2, 0.25) is 0 Å². The molecule has 0 spiro atoms. The summed E-state index contributed by atoms with van der Waals surface area (Å²) in [4.78, 5) is 8.97. The van der Waals surface area contributed by atoms with Crippen LogP contribution in [0.1, 0.15) is 32.1 Å². The Balaban J connectivity index is 1.63. The molecule has 4 rings (SSSR count). The molecule has 0 aliphatic heterocycles. The number of rotatable bonds is 3. The van der Waals surface area contributed by atoms with Crippen LogP contribution in [0, 0.1) is 0 Å². The van der Waals surface area contributed by atoms with Crippen molar-refractivity contribution < 1.29 is 0 Å². The second-order valence-electron chi connectivity index (χ2n) is 5.72. The maximum Gasteiger partial charge on any atom is 0.188 e. The van der Waals surface area contributed by atoms with Gasteiger partial charge >= 0.3 is 0 Å². The van der Waals surface area contributed by atoms with Crippen molar-refractivity contribution in [2.24, 2.45) is 0 Å². The number of nitrogens with one attached hydrogen (secondary N) is 1. The van der Waals surface area contributed by atoms with E-state index in [-0.39, 0.29) is 0 Å². The third-order valence-corrected chi connectivity index (χ3v) is 4.13. The van der Waals surface area contributed by atoms with Crippen LogP contribution in [-0.2, 0) is 0 Å². The van der Waals surface area contributed by atoms with Crippen molar-refractivity contribution >= 4 is 11.5 Å². The van der Waals surface area contributed by atoms with E-state index in [0.717, 1.165) is 23.0 Å². The van der Waals surface area contributed by atoms with E-state index in [1.807, 2.05) is 28.8 Å². The van der Waals surface area contributed by atoms with Gasteiger partial charge in [-0.3, -0.25) is 9.38 Å². The highest BCUT2D eigenvalue weighted by Gasteiger charge is 2.15. The second-order valence-corrected chi connectivity index (χ2v) is 5.72. The van der Waals surface area contributed by atoms with Crippen molar-refractivity contribution in [3.8, 4) is 11.5 Å². The van der Waals surface area contributed by atoms with Crippen LogP contribution in [0.5, 0.6) is 0 Å².